The van der Waals surface area contributed by atoms with Crippen molar-refractivity contribution < 1.29 is 38.1 Å². The fraction of sp³-hybridized carbons (Fsp3) is 0.444. The predicted octanol–water partition coefficient (Wildman–Crippen LogP) is 2.63. The van der Waals surface area contributed by atoms with Crippen molar-refractivity contribution in [3.05, 3.63) is 47.5 Å². The Labute approximate surface area is 154 Å². The molecule has 1 aromatic carbocycles. The summed E-state index contributed by atoms with van der Waals surface area (Å²) in [4.78, 5) is 21.8. The Hall–Kier alpha value is -2.39. The molecule has 1 heterocycles. The van der Waals surface area contributed by atoms with E-state index in [1.54, 1.807) is 0 Å². The number of rotatable bonds is 5. The molecule has 0 radical (unpaired) electrons. The normalized spacial score (nSPS) is 15.6. The number of aliphatic carboxylic acids is 2. The van der Waals surface area contributed by atoms with Gasteiger partial charge in [-0.05, 0) is 43.0 Å². The van der Waals surface area contributed by atoms with Crippen molar-refractivity contribution in [3.63, 3.8) is 0 Å². The van der Waals surface area contributed by atoms with Crippen LogP contribution in [-0.4, -0.2) is 58.0 Å². The number of hydrogen-bond acceptors (Lipinski definition) is 4. The molecule has 0 bridgehead atoms. The minimum atomic E-state index is -5.08. The fourth-order valence-electron chi connectivity index (χ4n) is 2.66. The van der Waals surface area contributed by atoms with Crippen LogP contribution < -0.4 is 0 Å². The van der Waals surface area contributed by atoms with Crippen molar-refractivity contribution in [2.75, 3.05) is 19.6 Å². The molecule has 9 heteroatoms. The van der Waals surface area contributed by atoms with Gasteiger partial charge in [0.15, 0.2) is 0 Å². The first-order valence-corrected chi connectivity index (χ1v) is 8.17. The van der Waals surface area contributed by atoms with Crippen molar-refractivity contribution in [1.29, 1.82) is 0 Å². The number of alkyl halides is 3. The lowest BCUT2D eigenvalue weighted by Crippen LogP contribution is -2.35. The molecule has 150 valence electrons. The summed E-state index contributed by atoms with van der Waals surface area (Å²) in [6.45, 7) is 5.91. The molecule has 1 fully saturated rings. The van der Waals surface area contributed by atoms with Gasteiger partial charge < -0.3 is 15.3 Å². The maximum atomic E-state index is 10.8. The highest BCUT2D eigenvalue weighted by atomic mass is 19.4. The quantitative estimate of drug-likeness (QED) is 0.670. The summed E-state index contributed by atoms with van der Waals surface area (Å²) in [5, 5.41) is 25.0. The van der Waals surface area contributed by atoms with E-state index in [4.69, 9.17) is 20.1 Å². The molecule has 0 atom stereocenters. The van der Waals surface area contributed by atoms with E-state index in [1.165, 1.54) is 5.56 Å². The monoisotopic (exact) mass is 389 g/mol. The first-order valence-electron chi connectivity index (χ1n) is 8.17. The summed E-state index contributed by atoms with van der Waals surface area (Å²) in [6.07, 6.45) is -3.02. The Balaban J connectivity index is 0.000000445. The van der Waals surface area contributed by atoms with Crippen LogP contribution in [0.4, 0.5) is 13.2 Å². The Morgan fingerprint density at radius 3 is 1.96 bits per heavy atom. The van der Waals surface area contributed by atoms with Crippen molar-refractivity contribution in [3.8, 4) is 0 Å². The van der Waals surface area contributed by atoms with E-state index in [-0.39, 0.29) is 12.2 Å². The summed E-state index contributed by atoms with van der Waals surface area (Å²) < 4.78 is 31.7. The second-order valence-electron chi connectivity index (χ2n) is 6.16. The molecular weight excluding hydrogens is 367 g/mol. The van der Waals surface area contributed by atoms with Crippen LogP contribution >= 0.6 is 0 Å². The maximum Gasteiger partial charge on any atom is 0.490 e. The molecule has 0 amide bonds. The summed E-state index contributed by atoms with van der Waals surface area (Å²) in [7, 11) is 0. The number of halogens is 3. The lowest BCUT2D eigenvalue weighted by atomic mass is 9.89. The van der Waals surface area contributed by atoms with Crippen LogP contribution in [0.5, 0.6) is 0 Å². The van der Waals surface area contributed by atoms with Crippen LogP contribution in [0.2, 0.25) is 0 Å². The van der Waals surface area contributed by atoms with E-state index < -0.39 is 18.1 Å². The summed E-state index contributed by atoms with van der Waals surface area (Å²) >= 11 is 0. The molecule has 0 saturated carbocycles. The van der Waals surface area contributed by atoms with E-state index in [0.717, 1.165) is 31.5 Å². The highest BCUT2D eigenvalue weighted by molar-refractivity contribution is 5.86. The molecule has 0 aromatic heterocycles. The van der Waals surface area contributed by atoms with Crippen LogP contribution in [-0.2, 0) is 16.2 Å². The lowest BCUT2D eigenvalue weighted by molar-refractivity contribution is -0.192. The smallest absolute Gasteiger partial charge is 0.478 e. The topological polar surface area (TPSA) is 98.1 Å². The Morgan fingerprint density at radius 1 is 1.11 bits per heavy atom. The Kier molecular flexibility index (Phi) is 8.45. The summed E-state index contributed by atoms with van der Waals surface area (Å²) in [6, 6.07) is 8.10. The van der Waals surface area contributed by atoms with Crippen LogP contribution in [0.15, 0.2) is 36.4 Å². The third-order valence-electron chi connectivity index (χ3n) is 4.18. The second kappa shape index (κ2) is 10.1. The average molecular weight is 389 g/mol. The van der Waals surface area contributed by atoms with E-state index >= 15 is 0 Å². The average Bonchev–Trinajstić information content (AvgIpc) is 2.62. The number of carboxylic acids is 2. The van der Waals surface area contributed by atoms with Crippen molar-refractivity contribution in [2.24, 2.45) is 0 Å². The van der Waals surface area contributed by atoms with Crippen molar-refractivity contribution in [2.45, 2.75) is 31.5 Å². The van der Waals surface area contributed by atoms with Gasteiger partial charge in [-0.3, -0.25) is 4.90 Å². The van der Waals surface area contributed by atoms with Gasteiger partial charge in [0, 0.05) is 12.1 Å². The van der Waals surface area contributed by atoms with E-state index in [1.807, 2.05) is 12.1 Å². The zero-order valence-electron chi connectivity index (χ0n) is 14.6. The zero-order valence-corrected chi connectivity index (χ0v) is 14.6. The molecule has 6 nitrogen and oxygen atoms in total. The van der Waals surface area contributed by atoms with Gasteiger partial charge in [0.05, 0.1) is 6.61 Å². The van der Waals surface area contributed by atoms with Gasteiger partial charge in [0.2, 0.25) is 0 Å². The molecule has 1 saturated heterocycles. The fourth-order valence-corrected chi connectivity index (χ4v) is 2.66. The number of piperidine rings is 1. The highest BCUT2D eigenvalue weighted by Crippen LogP contribution is 2.28. The van der Waals surface area contributed by atoms with Gasteiger partial charge in [0.25, 0.3) is 0 Å². The lowest BCUT2D eigenvalue weighted by Gasteiger charge is -2.32. The SMILES string of the molecule is C=C(CN1CCC(c2ccc(CO)cc2)CC1)C(=O)O.O=C(O)C(F)(F)F. The zero-order chi connectivity index (χ0) is 20.6. The molecule has 3 N–H and O–H groups in total. The highest BCUT2D eigenvalue weighted by Gasteiger charge is 2.38. The van der Waals surface area contributed by atoms with Crippen LogP contribution in [0.25, 0.3) is 0 Å². The number of carbonyl (C=O) groups is 2. The molecule has 0 unspecified atom stereocenters. The van der Waals surface area contributed by atoms with Gasteiger partial charge in [-0.1, -0.05) is 30.8 Å². The Bertz CT molecular complexity index is 650. The van der Waals surface area contributed by atoms with Gasteiger partial charge in [-0.25, -0.2) is 9.59 Å². The maximum absolute atomic E-state index is 10.8. The largest absolute Gasteiger partial charge is 0.490 e. The Morgan fingerprint density at radius 2 is 1.59 bits per heavy atom. The third kappa shape index (κ3) is 7.79. The van der Waals surface area contributed by atoms with E-state index in [0.29, 0.717) is 12.5 Å². The first-order chi connectivity index (χ1) is 12.5. The number of aliphatic hydroxyl groups excluding tert-OH is 1. The summed E-state index contributed by atoms with van der Waals surface area (Å²) in [5.74, 6) is -3.14. The van der Waals surface area contributed by atoms with Gasteiger partial charge >= 0.3 is 18.1 Å². The van der Waals surface area contributed by atoms with Crippen LogP contribution in [0, 0.1) is 0 Å². The van der Waals surface area contributed by atoms with Crippen molar-refractivity contribution in [1.82, 2.24) is 4.90 Å². The second-order valence-corrected chi connectivity index (χ2v) is 6.16. The molecule has 2 rings (SSSR count). The number of carboxylic acid groups (broad SMARTS) is 2. The number of nitrogens with zero attached hydrogens (tertiary/aromatic N) is 1. The molecular formula is C18H22F3NO5. The van der Waals surface area contributed by atoms with Gasteiger partial charge in [-0.2, -0.15) is 13.2 Å². The molecule has 1 aliphatic heterocycles. The van der Waals surface area contributed by atoms with Gasteiger partial charge in [-0.15, -0.1) is 0 Å². The third-order valence-corrected chi connectivity index (χ3v) is 4.18. The van der Waals surface area contributed by atoms with Crippen molar-refractivity contribution >= 4 is 11.9 Å². The first kappa shape index (κ1) is 22.7. The minimum absolute atomic E-state index is 0.0794. The standard InChI is InChI=1S/C16H21NO3.C2HF3O2/c1-12(16(19)20)10-17-8-6-15(7-9-17)14-4-2-13(11-18)3-5-14;3-2(4,5)1(6)7/h2-5,15,18H,1,6-11H2,(H,19,20);(H,6,7). The molecule has 1 aliphatic rings. The number of hydrogen-bond donors (Lipinski definition) is 3. The van der Waals surface area contributed by atoms with E-state index in [2.05, 4.69) is 23.6 Å². The van der Waals surface area contributed by atoms with Crippen LogP contribution in [0.3, 0.4) is 0 Å². The summed E-state index contributed by atoms with van der Waals surface area (Å²) in [5.41, 5.74) is 2.50. The number of aliphatic hydroxyl groups is 1. The number of likely N-dealkylation sites (tertiary alicyclic amines) is 1. The van der Waals surface area contributed by atoms with E-state index in [9.17, 15) is 18.0 Å². The molecule has 27 heavy (non-hydrogen) atoms. The predicted molar refractivity (Wildman–Crippen MR) is 91.2 cm³/mol. The molecule has 0 spiro atoms. The van der Waals surface area contributed by atoms with Crippen LogP contribution in [0.1, 0.15) is 29.9 Å². The van der Waals surface area contributed by atoms with Gasteiger partial charge in [0.1, 0.15) is 0 Å². The number of benzene rings is 1. The molecule has 1 aromatic rings. The molecule has 0 aliphatic carbocycles. The minimum Gasteiger partial charge on any atom is -0.478 e.